The van der Waals surface area contributed by atoms with Gasteiger partial charge in [0.05, 0.1) is 5.02 Å². The van der Waals surface area contributed by atoms with E-state index in [4.69, 9.17) is 27.9 Å². The molecule has 0 bridgehead atoms. The summed E-state index contributed by atoms with van der Waals surface area (Å²) in [5.74, 6) is 0.845. The predicted octanol–water partition coefficient (Wildman–Crippen LogP) is 4.98. The van der Waals surface area contributed by atoms with Crippen LogP contribution in [0.1, 0.15) is 24.7 Å². The molecule has 3 nitrogen and oxygen atoms in total. The summed E-state index contributed by atoms with van der Waals surface area (Å²) in [6.45, 7) is 3.78. The summed E-state index contributed by atoms with van der Waals surface area (Å²) in [7, 11) is 0. The van der Waals surface area contributed by atoms with Gasteiger partial charge in [-0.3, -0.25) is 0 Å². The second-order valence-corrected chi connectivity index (χ2v) is 5.05. The summed E-state index contributed by atoms with van der Waals surface area (Å²) < 4.78 is 18.6. The minimum absolute atomic E-state index is 0.177. The Morgan fingerprint density at radius 1 is 1.25 bits per heavy atom. The lowest BCUT2D eigenvalue weighted by molar-refractivity contribution is 0.452. The lowest BCUT2D eigenvalue weighted by Gasteiger charge is -2.11. The third-order valence-corrected chi connectivity index (χ3v) is 3.33. The number of aromatic nitrogens is 2. The first kappa shape index (κ1) is 15.0. The molecule has 0 atom stereocenters. The van der Waals surface area contributed by atoms with Crippen molar-refractivity contribution >= 4 is 23.2 Å². The molecule has 1 heterocycles. The molecule has 0 radical (unpaired) electrons. The Labute approximate surface area is 126 Å². The monoisotopic (exact) mass is 314 g/mol. The molecule has 0 unspecified atom stereocenters. The van der Waals surface area contributed by atoms with E-state index in [-0.39, 0.29) is 5.02 Å². The van der Waals surface area contributed by atoms with Crippen LogP contribution in [-0.2, 0) is 6.42 Å². The standard InChI is InChI=1S/C14H13Cl2FN2O/c1-3-4-12-18-13(16)8(2)14(19-12)20-11-6-5-9(17)7-10(11)15/h5-7H,3-4H2,1-2H3. The summed E-state index contributed by atoms with van der Waals surface area (Å²) >= 11 is 12.0. The van der Waals surface area contributed by atoms with Gasteiger partial charge in [0, 0.05) is 12.0 Å². The van der Waals surface area contributed by atoms with Crippen LogP contribution in [0.3, 0.4) is 0 Å². The van der Waals surface area contributed by atoms with Gasteiger partial charge in [-0.15, -0.1) is 0 Å². The molecule has 2 rings (SSSR count). The van der Waals surface area contributed by atoms with Crippen LogP contribution in [0.4, 0.5) is 4.39 Å². The van der Waals surface area contributed by atoms with Crippen molar-refractivity contribution in [3.05, 3.63) is 45.6 Å². The van der Waals surface area contributed by atoms with Crippen LogP contribution in [0, 0.1) is 12.7 Å². The molecular formula is C14H13Cl2FN2O. The first-order chi connectivity index (χ1) is 9.51. The smallest absolute Gasteiger partial charge is 0.227 e. The van der Waals surface area contributed by atoms with Crippen molar-refractivity contribution in [3.8, 4) is 11.6 Å². The van der Waals surface area contributed by atoms with E-state index in [0.717, 1.165) is 6.42 Å². The zero-order chi connectivity index (χ0) is 14.7. The highest BCUT2D eigenvalue weighted by atomic mass is 35.5. The van der Waals surface area contributed by atoms with Crippen LogP contribution < -0.4 is 4.74 Å². The van der Waals surface area contributed by atoms with Crippen molar-refractivity contribution in [2.75, 3.05) is 0 Å². The quantitative estimate of drug-likeness (QED) is 0.747. The third kappa shape index (κ3) is 3.38. The van der Waals surface area contributed by atoms with E-state index in [1.54, 1.807) is 6.92 Å². The van der Waals surface area contributed by atoms with Crippen molar-refractivity contribution in [1.82, 2.24) is 9.97 Å². The minimum Gasteiger partial charge on any atom is -0.437 e. The largest absolute Gasteiger partial charge is 0.437 e. The maximum Gasteiger partial charge on any atom is 0.227 e. The van der Waals surface area contributed by atoms with Crippen LogP contribution >= 0.6 is 23.2 Å². The molecule has 2 aromatic rings. The van der Waals surface area contributed by atoms with Crippen LogP contribution in [0.15, 0.2) is 18.2 Å². The Kier molecular flexibility index (Phi) is 4.78. The number of rotatable bonds is 4. The van der Waals surface area contributed by atoms with E-state index in [1.165, 1.54) is 18.2 Å². The van der Waals surface area contributed by atoms with Crippen LogP contribution in [0.25, 0.3) is 0 Å². The highest BCUT2D eigenvalue weighted by Gasteiger charge is 2.13. The van der Waals surface area contributed by atoms with Gasteiger partial charge in [-0.2, -0.15) is 4.98 Å². The molecule has 0 saturated heterocycles. The fraction of sp³-hybridized carbons (Fsp3) is 0.286. The molecule has 0 aliphatic heterocycles. The fourth-order valence-electron chi connectivity index (χ4n) is 1.61. The molecule has 0 saturated carbocycles. The number of aryl methyl sites for hydroxylation is 1. The van der Waals surface area contributed by atoms with Crippen molar-refractivity contribution in [2.45, 2.75) is 26.7 Å². The van der Waals surface area contributed by atoms with Gasteiger partial charge >= 0.3 is 0 Å². The lowest BCUT2D eigenvalue weighted by atomic mass is 10.3. The number of nitrogens with zero attached hydrogens (tertiary/aromatic N) is 2. The molecule has 106 valence electrons. The highest BCUT2D eigenvalue weighted by Crippen LogP contribution is 2.32. The van der Waals surface area contributed by atoms with Crippen molar-refractivity contribution in [1.29, 1.82) is 0 Å². The molecule has 20 heavy (non-hydrogen) atoms. The van der Waals surface area contributed by atoms with E-state index in [2.05, 4.69) is 9.97 Å². The zero-order valence-corrected chi connectivity index (χ0v) is 12.6. The van der Waals surface area contributed by atoms with Gasteiger partial charge in [-0.1, -0.05) is 30.1 Å². The first-order valence-electron chi connectivity index (χ1n) is 6.17. The molecule has 6 heteroatoms. The van der Waals surface area contributed by atoms with Gasteiger partial charge in [0.1, 0.15) is 22.5 Å². The topological polar surface area (TPSA) is 35.0 Å². The second-order valence-electron chi connectivity index (χ2n) is 4.29. The van der Waals surface area contributed by atoms with Crippen LogP contribution in [-0.4, -0.2) is 9.97 Å². The number of ether oxygens (including phenoxy) is 1. The van der Waals surface area contributed by atoms with Gasteiger partial charge in [0.15, 0.2) is 0 Å². The van der Waals surface area contributed by atoms with E-state index in [1.807, 2.05) is 6.92 Å². The Bertz CT molecular complexity index is 635. The van der Waals surface area contributed by atoms with Gasteiger partial charge in [0.25, 0.3) is 0 Å². The highest BCUT2D eigenvalue weighted by molar-refractivity contribution is 6.32. The minimum atomic E-state index is -0.425. The Balaban J connectivity index is 2.37. The molecule has 0 N–H and O–H groups in total. The maximum absolute atomic E-state index is 13.0. The summed E-state index contributed by atoms with van der Waals surface area (Å²) in [6.07, 6.45) is 1.60. The van der Waals surface area contributed by atoms with E-state index in [0.29, 0.717) is 34.6 Å². The molecular weight excluding hydrogens is 302 g/mol. The molecule has 0 spiro atoms. The Morgan fingerprint density at radius 2 is 2.00 bits per heavy atom. The van der Waals surface area contributed by atoms with Crippen molar-refractivity contribution < 1.29 is 9.13 Å². The number of hydrogen-bond acceptors (Lipinski definition) is 3. The fourth-order valence-corrected chi connectivity index (χ4v) is 1.99. The predicted molar refractivity (Wildman–Crippen MR) is 77.3 cm³/mol. The molecule has 0 amide bonds. The maximum atomic E-state index is 13.0. The average molecular weight is 315 g/mol. The van der Waals surface area contributed by atoms with Crippen molar-refractivity contribution in [2.24, 2.45) is 0 Å². The molecule has 1 aromatic carbocycles. The Morgan fingerprint density at radius 3 is 2.65 bits per heavy atom. The molecule has 0 fully saturated rings. The number of halogens is 3. The Hall–Kier alpha value is -1.39. The number of hydrogen-bond donors (Lipinski definition) is 0. The number of benzene rings is 1. The van der Waals surface area contributed by atoms with E-state index < -0.39 is 5.82 Å². The van der Waals surface area contributed by atoms with Gasteiger partial charge in [0.2, 0.25) is 5.88 Å². The summed E-state index contributed by atoms with van der Waals surface area (Å²) in [5, 5.41) is 0.521. The molecule has 0 aliphatic rings. The van der Waals surface area contributed by atoms with E-state index >= 15 is 0 Å². The van der Waals surface area contributed by atoms with Gasteiger partial charge in [-0.05, 0) is 31.5 Å². The molecule has 0 aliphatic carbocycles. The average Bonchev–Trinajstić information content (AvgIpc) is 2.39. The lowest BCUT2D eigenvalue weighted by Crippen LogP contribution is -2.01. The summed E-state index contributed by atoms with van der Waals surface area (Å²) in [5.41, 5.74) is 0.618. The van der Waals surface area contributed by atoms with Crippen LogP contribution in [0.5, 0.6) is 11.6 Å². The normalized spacial score (nSPS) is 10.7. The molecule has 1 aromatic heterocycles. The van der Waals surface area contributed by atoms with E-state index in [9.17, 15) is 4.39 Å². The van der Waals surface area contributed by atoms with Crippen LogP contribution in [0.2, 0.25) is 10.2 Å². The first-order valence-corrected chi connectivity index (χ1v) is 6.92. The van der Waals surface area contributed by atoms with Gasteiger partial charge in [-0.25, -0.2) is 9.37 Å². The summed E-state index contributed by atoms with van der Waals surface area (Å²) in [6, 6.07) is 3.90. The zero-order valence-electron chi connectivity index (χ0n) is 11.1. The van der Waals surface area contributed by atoms with Gasteiger partial charge < -0.3 is 4.74 Å². The summed E-state index contributed by atoms with van der Waals surface area (Å²) in [4.78, 5) is 8.49. The SMILES string of the molecule is CCCc1nc(Cl)c(C)c(Oc2ccc(F)cc2Cl)n1. The second kappa shape index (κ2) is 6.37. The third-order valence-electron chi connectivity index (χ3n) is 2.66. The van der Waals surface area contributed by atoms with Crippen molar-refractivity contribution in [3.63, 3.8) is 0 Å².